The predicted molar refractivity (Wildman–Crippen MR) is 36.2 cm³/mol. The van der Waals surface area contributed by atoms with Gasteiger partial charge in [-0.15, -0.1) is 0 Å². The molecule has 0 aromatic carbocycles. The first-order chi connectivity index (χ1) is 4.70. The molecule has 0 heterocycles. The Hall–Kier alpha value is -1.12. The molecule has 56 valence electrons. The number of ether oxygens (including phenoxy) is 1. The molecule has 0 aromatic rings. The van der Waals surface area contributed by atoms with Gasteiger partial charge in [-0.3, -0.25) is 4.79 Å². The topological polar surface area (TPSA) is 43.4 Å². The minimum absolute atomic E-state index is 0.225. The van der Waals surface area contributed by atoms with E-state index in [1.54, 1.807) is 13.8 Å². The van der Waals surface area contributed by atoms with Crippen LogP contribution in [0, 0.1) is 0 Å². The van der Waals surface area contributed by atoms with Crippen molar-refractivity contribution in [3.8, 4) is 0 Å². The zero-order chi connectivity index (χ0) is 7.98. The van der Waals surface area contributed by atoms with Gasteiger partial charge in [-0.25, -0.2) is 4.79 Å². The van der Waals surface area contributed by atoms with E-state index in [-0.39, 0.29) is 6.42 Å². The van der Waals surface area contributed by atoms with Crippen LogP contribution in [-0.2, 0) is 14.3 Å². The average molecular weight is 142 g/mol. The van der Waals surface area contributed by atoms with Gasteiger partial charge in [0.15, 0.2) is 0 Å². The van der Waals surface area contributed by atoms with Crippen LogP contribution in [0.1, 0.15) is 20.3 Å². The first kappa shape index (κ1) is 8.88. The number of rotatable bonds is 2. The minimum atomic E-state index is -0.602. The van der Waals surface area contributed by atoms with Crippen molar-refractivity contribution in [2.24, 2.45) is 0 Å². The normalized spacial score (nSPS) is 9.80. The second-order valence-electron chi connectivity index (χ2n) is 1.65. The molecule has 10 heavy (non-hydrogen) atoms. The summed E-state index contributed by atoms with van der Waals surface area (Å²) in [4.78, 5) is 20.9. The van der Waals surface area contributed by atoms with Gasteiger partial charge in [0.2, 0.25) is 0 Å². The van der Waals surface area contributed by atoms with E-state index in [4.69, 9.17) is 0 Å². The molecule has 0 rings (SSSR count). The molecular weight excluding hydrogens is 132 g/mol. The molecule has 0 aliphatic rings. The predicted octanol–water partition coefficient (Wildman–Crippen LogP) is 1.04. The molecule has 0 amide bonds. The molecule has 0 radical (unpaired) electrons. The van der Waals surface area contributed by atoms with Crippen molar-refractivity contribution in [3.63, 3.8) is 0 Å². The van der Waals surface area contributed by atoms with Gasteiger partial charge in [0, 0.05) is 12.5 Å². The standard InChI is InChI=1S/C7H10O3/c1-3-5-7(9)10-6(8)4-2/h3,5H,4H2,1-2H3. The lowest BCUT2D eigenvalue weighted by molar-refractivity contribution is -0.155. The van der Waals surface area contributed by atoms with Gasteiger partial charge in [-0.05, 0) is 6.92 Å². The Morgan fingerprint density at radius 2 is 2.10 bits per heavy atom. The van der Waals surface area contributed by atoms with Crippen LogP contribution < -0.4 is 0 Å². The van der Waals surface area contributed by atoms with Crippen LogP contribution in [-0.4, -0.2) is 11.9 Å². The Kier molecular flexibility index (Phi) is 4.20. The molecule has 0 atom stereocenters. The summed E-state index contributed by atoms with van der Waals surface area (Å²) in [7, 11) is 0. The number of hydrogen-bond acceptors (Lipinski definition) is 3. The molecule has 0 unspecified atom stereocenters. The lowest BCUT2D eigenvalue weighted by Crippen LogP contribution is -2.07. The van der Waals surface area contributed by atoms with Crippen molar-refractivity contribution in [1.82, 2.24) is 0 Å². The fourth-order valence-corrected chi connectivity index (χ4v) is 0.354. The lowest BCUT2D eigenvalue weighted by atomic mass is 10.5. The van der Waals surface area contributed by atoms with E-state index >= 15 is 0 Å². The van der Waals surface area contributed by atoms with Crippen LogP contribution in [0.15, 0.2) is 12.2 Å². The zero-order valence-corrected chi connectivity index (χ0v) is 6.09. The van der Waals surface area contributed by atoms with Crippen molar-refractivity contribution in [3.05, 3.63) is 12.2 Å². The third kappa shape index (κ3) is 3.83. The Morgan fingerprint density at radius 3 is 2.50 bits per heavy atom. The highest BCUT2D eigenvalue weighted by Crippen LogP contribution is 1.86. The van der Waals surface area contributed by atoms with Gasteiger partial charge < -0.3 is 4.74 Å². The van der Waals surface area contributed by atoms with Crippen LogP contribution in [0.3, 0.4) is 0 Å². The molecule has 0 bridgehead atoms. The monoisotopic (exact) mass is 142 g/mol. The Bertz CT molecular complexity index is 158. The molecule has 0 aromatic heterocycles. The fourth-order valence-electron chi connectivity index (χ4n) is 0.354. The fraction of sp³-hybridized carbons (Fsp3) is 0.429. The molecule has 0 fully saturated rings. The van der Waals surface area contributed by atoms with E-state index in [9.17, 15) is 9.59 Å². The molecule has 0 saturated heterocycles. The number of carbonyl (C=O) groups excluding carboxylic acids is 2. The maximum Gasteiger partial charge on any atom is 0.338 e. The second-order valence-corrected chi connectivity index (χ2v) is 1.65. The maximum atomic E-state index is 10.5. The Morgan fingerprint density at radius 1 is 1.50 bits per heavy atom. The highest BCUT2D eigenvalue weighted by Gasteiger charge is 2.02. The van der Waals surface area contributed by atoms with Crippen LogP contribution in [0.5, 0.6) is 0 Å². The highest BCUT2D eigenvalue weighted by molar-refractivity contribution is 5.91. The van der Waals surface area contributed by atoms with Crippen LogP contribution in [0.2, 0.25) is 0 Å². The molecule has 0 spiro atoms. The summed E-state index contributed by atoms with van der Waals surface area (Å²) in [6.07, 6.45) is 2.95. The van der Waals surface area contributed by atoms with Crippen molar-refractivity contribution in [1.29, 1.82) is 0 Å². The van der Waals surface area contributed by atoms with Crippen molar-refractivity contribution in [2.45, 2.75) is 20.3 Å². The third-order valence-electron chi connectivity index (χ3n) is 0.806. The molecule has 3 nitrogen and oxygen atoms in total. The largest absolute Gasteiger partial charge is 0.390 e. The van der Waals surface area contributed by atoms with Crippen molar-refractivity contribution >= 4 is 11.9 Å². The lowest BCUT2D eigenvalue weighted by Gasteiger charge is -1.93. The smallest absolute Gasteiger partial charge is 0.338 e. The molecule has 0 N–H and O–H groups in total. The number of carbonyl (C=O) groups is 2. The van der Waals surface area contributed by atoms with Gasteiger partial charge in [0.25, 0.3) is 0 Å². The third-order valence-corrected chi connectivity index (χ3v) is 0.806. The molecule has 0 aliphatic heterocycles. The van der Waals surface area contributed by atoms with Crippen LogP contribution in [0.25, 0.3) is 0 Å². The SMILES string of the molecule is CC=CC(=O)OC(=O)CC. The van der Waals surface area contributed by atoms with E-state index in [1.165, 1.54) is 12.2 Å². The molecular formula is C7H10O3. The average Bonchev–Trinajstić information content (AvgIpc) is 1.88. The summed E-state index contributed by atoms with van der Waals surface area (Å²) in [6.45, 7) is 3.31. The van der Waals surface area contributed by atoms with E-state index in [0.717, 1.165) is 0 Å². The molecule has 3 heteroatoms. The van der Waals surface area contributed by atoms with Gasteiger partial charge in [-0.2, -0.15) is 0 Å². The number of esters is 2. The second kappa shape index (κ2) is 4.73. The summed E-state index contributed by atoms with van der Waals surface area (Å²) in [5.74, 6) is -1.10. The van der Waals surface area contributed by atoms with Crippen molar-refractivity contribution < 1.29 is 14.3 Å². The van der Waals surface area contributed by atoms with E-state index in [2.05, 4.69) is 4.74 Å². The van der Waals surface area contributed by atoms with E-state index < -0.39 is 11.9 Å². The summed E-state index contributed by atoms with van der Waals surface area (Å²) in [6, 6.07) is 0. The summed E-state index contributed by atoms with van der Waals surface area (Å²) in [5, 5.41) is 0. The Labute approximate surface area is 59.7 Å². The first-order valence-corrected chi connectivity index (χ1v) is 3.08. The van der Waals surface area contributed by atoms with Gasteiger partial charge in [0.05, 0.1) is 0 Å². The minimum Gasteiger partial charge on any atom is -0.390 e. The zero-order valence-electron chi connectivity index (χ0n) is 6.09. The summed E-state index contributed by atoms with van der Waals surface area (Å²) >= 11 is 0. The van der Waals surface area contributed by atoms with E-state index in [1.807, 2.05) is 0 Å². The summed E-state index contributed by atoms with van der Waals surface area (Å²) < 4.78 is 4.28. The van der Waals surface area contributed by atoms with Crippen molar-refractivity contribution in [2.75, 3.05) is 0 Å². The molecule has 0 aliphatic carbocycles. The van der Waals surface area contributed by atoms with E-state index in [0.29, 0.717) is 0 Å². The number of allylic oxidation sites excluding steroid dienone is 1. The van der Waals surface area contributed by atoms with Crippen LogP contribution >= 0.6 is 0 Å². The highest BCUT2D eigenvalue weighted by atomic mass is 16.6. The maximum absolute atomic E-state index is 10.5. The number of hydrogen-bond donors (Lipinski definition) is 0. The summed E-state index contributed by atoms with van der Waals surface area (Å²) in [5.41, 5.74) is 0. The molecule has 0 saturated carbocycles. The quantitative estimate of drug-likeness (QED) is 0.328. The Balaban J connectivity index is 3.68. The van der Waals surface area contributed by atoms with Gasteiger partial charge in [-0.1, -0.05) is 13.0 Å². The van der Waals surface area contributed by atoms with Gasteiger partial charge in [0.1, 0.15) is 0 Å². The van der Waals surface area contributed by atoms with Crippen LogP contribution in [0.4, 0.5) is 0 Å². The first-order valence-electron chi connectivity index (χ1n) is 3.08. The van der Waals surface area contributed by atoms with Gasteiger partial charge >= 0.3 is 11.9 Å².